The van der Waals surface area contributed by atoms with Crippen LogP contribution in [0.15, 0.2) is 40.4 Å². The highest BCUT2D eigenvalue weighted by Gasteiger charge is 2.26. The molecule has 1 N–H and O–H groups in total. The lowest BCUT2D eigenvalue weighted by Crippen LogP contribution is -2.40. The van der Waals surface area contributed by atoms with Crippen molar-refractivity contribution in [3.8, 4) is 0 Å². The number of fused-ring (bicyclic) bond motifs is 1. The molecule has 1 atom stereocenters. The van der Waals surface area contributed by atoms with Crippen LogP contribution >= 0.6 is 23.4 Å². The van der Waals surface area contributed by atoms with Crippen molar-refractivity contribution >= 4 is 29.3 Å². The summed E-state index contributed by atoms with van der Waals surface area (Å²) in [5.41, 5.74) is 1.66. The molecule has 1 unspecified atom stereocenters. The van der Waals surface area contributed by atoms with Gasteiger partial charge in [0.05, 0.1) is 5.92 Å². The number of hydrogen-bond acceptors (Lipinski definition) is 4. The van der Waals surface area contributed by atoms with Crippen LogP contribution in [0.3, 0.4) is 0 Å². The third-order valence-electron chi connectivity index (χ3n) is 4.00. The molecule has 1 aromatic carbocycles. The topological polar surface area (TPSA) is 64.0 Å². The first-order chi connectivity index (χ1) is 11.5. The summed E-state index contributed by atoms with van der Waals surface area (Å²) in [4.78, 5) is 28.8. The van der Waals surface area contributed by atoms with E-state index in [0.29, 0.717) is 34.6 Å². The molecule has 0 saturated heterocycles. The maximum absolute atomic E-state index is 12.4. The van der Waals surface area contributed by atoms with Crippen LogP contribution in [0.2, 0.25) is 5.02 Å². The summed E-state index contributed by atoms with van der Waals surface area (Å²) in [7, 11) is 0. The molecule has 24 heavy (non-hydrogen) atoms. The van der Waals surface area contributed by atoms with E-state index in [4.69, 9.17) is 11.6 Å². The molecule has 2 heterocycles. The number of thioether (sulfide) groups is 1. The molecular weight excluding hydrogens is 346 g/mol. The number of carbonyl (C=O) groups excluding carboxylic acids is 1. The average Bonchev–Trinajstić information content (AvgIpc) is 2.59. The highest BCUT2D eigenvalue weighted by Crippen LogP contribution is 2.24. The predicted octanol–water partition coefficient (Wildman–Crippen LogP) is 2.29. The molecule has 5 nitrogen and oxygen atoms in total. The Hall–Kier alpha value is -1.79. The second kappa shape index (κ2) is 7.40. The minimum atomic E-state index is -0.214. The van der Waals surface area contributed by atoms with E-state index in [2.05, 4.69) is 10.3 Å². The van der Waals surface area contributed by atoms with Crippen LogP contribution < -0.4 is 10.9 Å². The van der Waals surface area contributed by atoms with Gasteiger partial charge in [0, 0.05) is 35.6 Å². The summed E-state index contributed by atoms with van der Waals surface area (Å²) < 4.78 is 1.60. The van der Waals surface area contributed by atoms with E-state index in [0.717, 1.165) is 12.0 Å². The smallest absolute Gasteiger partial charge is 0.257 e. The molecule has 1 aromatic heterocycles. The first-order valence-corrected chi connectivity index (χ1v) is 9.12. The van der Waals surface area contributed by atoms with Gasteiger partial charge in [0.2, 0.25) is 5.91 Å². The summed E-state index contributed by atoms with van der Waals surface area (Å²) in [6.07, 6.45) is 2.34. The molecular formula is C17H18ClN3O2S. The standard InChI is InChI=1S/C17H18ClN3O2S/c1-11-8-20-17-21(16(11)23)9-13(10-24-17)15(22)19-7-6-12-2-4-14(18)5-3-12/h2-5,8,13H,6-7,9-10H2,1H3,(H,19,22). The number of rotatable bonds is 4. The van der Waals surface area contributed by atoms with Crippen molar-refractivity contribution in [3.05, 3.63) is 57.0 Å². The fourth-order valence-corrected chi connectivity index (χ4v) is 3.76. The van der Waals surface area contributed by atoms with Crippen molar-refractivity contribution in [2.24, 2.45) is 5.92 Å². The Kier molecular flexibility index (Phi) is 5.26. The third-order valence-corrected chi connectivity index (χ3v) is 5.40. The number of carbonyl (C=O) groups is 1. The molecule has 1 aliphatic heterocycles. The lowest BCUT2D eigenvalue weighted by Gasteiger charge is -2.24. The van der Waals surface area contributed by atoms with E-state index >= 15 is 0 Å². The largest absolute Gasteiger partial charge is 0.355 e. The zero-order valence-corrected chi connectivity index (χ0v) is 14.9. The lowest BCUT2D eigenvalue weighted by molar-refractivity contribution is -0.124. The van der Waals surface area contributed by atoms with Crippen LogP contribution in [0.25, 0.3) is 0 Å². The van der Waals surface area contributed by atoms with Crippen molar-refractivity contribution < 1.29 is 4.79 Å². The third kappa shape index (κ3) is 3.82. The minimum Gasteiger partial charge on any atom is -0.355 e. The Balaban J connectivity index is 1.57. The maximum atomic E-state index is 12.4. The Morgan fingerprint density at radius 1 is 1.42 bits per heavy atom. The predicted molar refractivity (Wildman–Crippen MR) is 95.6 cm³/mol. The zero-order valence-electron chi connectivity index (χ0n) is 13.3. The van der Waals surface area contributed by atoms with E-state index in [1.165, 1.54) is 11.8 Å². The van der Waals surface area contributed by atoms with E-state index in [9.17, 15) is 9.59 Å². The van der Waals surface area contributed by atoms with Gasteiger partial charge in [0.25, 0.3) is 5.56 Å². The molecule has 1 amide bonds. The van der Waals surface area contributed by atoms with Gasteiger partial charge in [-0.25, -0.2) is 4.98 Å². The van der Waals surface area contributed by atoms with Crippen LogP contribution in [0, 0.1) is 12.8 Å². The molecule has 0 saturated carbocycles. The molecule has 2 aromatic rings. The minimum absolute atomic E-state index is 0.0180. The van der Waals surface area contributed by atoms with Gasteiger partial charge in [-0.1, -0.05) is 35.5 Å². The molecule has 1 aliphatic rings. The van der Waals surface area contributed by atoms with Crippen molar-refractivity contribution in [2.75, 3.05) is 12.3 Å². The van der Waals surface area contributed by atoms with E-state index < -0.39 is 0 Å². The number of nitrogens with one attached hydrogen (secondary N) is 1. The van der Waals surface area contributed by atoms with Crippen LogP contribution in [-0.4, -0.2) is 27.8 Å². The first-order valence-electron chi connectivity index (χ1n) is 7.76. The number of amides is 1. The van der Waals surface area contributed by atoms with Gasteiger partial charge in [-0.15, -0.1) is 0 Å². The summed E-state index contributed by atoms with van der Waals surface area (Å²) in [6, 6.07) is 7.59. The van der Waals surface area contributed by atoms with E-state index in [-0.39, 0.29) is 17.4 Å². The molecule has 0 fully saturated rings. The molecule has 3 rings (SSSR count). The SMILES string of the molecule is Cc1cnc2n(c1=O)CC(C(=O)NCCc1ccc(Cl)cc1)CS2. The Morgan fingerprint density at radius 3 is 2.92 bits per heavy atom. The molecule has 0 aliphatic carbocycles. The second-order valence-electron chi connectivity index (χ2n) is 5.81. The fourth-order valence-electron chi connectivity index (χ4n) is 2.59. The van der Waals surface area contributed by atoms with Crippen LogP contribution in [0.1, 0.15) is 11.1 Å². The van der Waals surface area contributed by atoms with Crippen molar-refractivity contribution in [1.82, 2.24) is 14.9 Å². The normalized spacial score (nSPS) is 16.5. The number of nitrogens with zero attached hydrogens (tertiary/aromatic N) is 2. The van der Waals surface area contributed by atoms with Gasteiger partial charge in [-0.05, 0) is 31.0 Å². The van der Waals surface area contributed by atoms with Gasteiger partial charge in [0.15, 0.2) is 5.16 Å². The van der Waals surface area contributed by atoms with E-state index in [1.54, 1.807) is 17.7 Å². The monoisotopic (exact) mass is 363 g/mol. The zero-order chi connectivity index (χ0) is 17.1. The first kappa shape index (κ1) is 17.0. The molecule has 126 valence electrons. The van der Waals surface area contributed by atoms with Gasteiger partial charge < -0.3 is 5.32 Å². The van der Waals surface area contributed by atoms with Gasteiger partial charge in [-0.2, -0.15) is 0 Å². The summed E-state index contributed by atoms with van der Waals surface area (Å²) in [5.74, 6) is 0.409. The van der Waals surface area contributed by atoms with Crippen LogP contribution in [0.5, 0.6) is 0 Å². The number of aryl methyl sites for hydroxylation is 1. The lowest BCUT2D eigenvalue weighted by atomic mass is 10.1. The Labute approximate surface area is 149 Å². The molecule has 0 spiro atoms. The Morgan fingerprint density at radius 2 is 2.17 bits per heavy atom. The molecule has 7 heteroatoms. The average molecular weight is 364 g/mol. The van der Waals surface area contributed by atoms with Gasteiger partial charge in [0.1, 0.15) is 0 Å². The highest BCUT2D eigenvalue weighted by atomic mass is 35.5. The summed E-state index contributed by atoms with van der Waals surface area (Å²) in [6.45, 7) is 2.70. The second-order valence-corrected chi connectivity index (χ2v) is 7.24. The maximum Gasteiger partial charge on any atom is 0.257 e. The van der Waals surface area contributed by atoms with Crippen molar-refractivity contribution in [3.63, 3.8) is 0 Å². The quantitative estimate of drug-likeness (QED) is 0.846. The highest BCUT2D eigenvalue weighted by molar-refractivity contribution is 7.99. The van der Waals surface area contributed by atoms with Gasteiger partial charge >= 0.3 is 0 Å². The number of benzene rings is 1. The van der Waals surface area contributed by atoms with Crippen LogP contribution in [0.4, 0.5) is 0 Å². The van der Waals surface area contributed by atoms with E-state index in [1.807, 2.05) is 24.3 Å². The van der Waals surface area contributed by atoms with Gasteiger partial charge in [-0.3, -0.25) is 14.2 Å². The van der Waals surface area contributed by atoms with Crippen LogP contribution in [-0.2, 0) is 17.8 Å². The fraction of sp³-hybridized carbons (Fsp3) is 0.353. The number of hydrogen-bond donors (Lipinski definition) is 1. The molecule has 0 radical (unpaired) electrons. The number of halogens is 1. The summed E-state index contributed by atoms with van der Waals surface area (Å²) >= 11 is 7.31. The Bertz CT molecular complexity index is 804. The number of aromatic nitrogens is 2. The van der Waals surface area contributed by atoms with Crippen molar-refractivity contribution in [1.29, 1.82) is 0 Å². The van der Waals surface area contributed by atoms with Crippen molar-refractivity contribution in [2.45, 2.75) is 25.0 Å². The molecule has 0 bridgehead atoms. The summed E-state index contributed by atoms with van der Waals surface area (Å²) in [5, 5.41) is 4.35.